The van der Waals surface area contributed by atoms with Gasteiger partial charge in [-0.1, -0.05) is 6.42 Å². The van der Waals surface area contributed by atoms with E-state index in [1.165, 1.54) is 6.07 Å². The second kappa shape index (κ2) is 5.82. The second-order valence-corrected chi connectivity index (χ2v) is 4.50. The number of halogens is 1. The molecule has 2 aromatic rings. The molecule has 0 unspecified atom stereocenters. The molecule has 96 valence electrons. The molecule has 18 heavy (non-hydrogen) atoms. The Morgan fingerprint density at radius 3 is 2.89 bits per heavy atom. The Morgan fingerprint density at radius 1 is 1.33 bits per heavy atom. The van der Waals surface area contributed by atoms with Gasteiger partial charge >= 0.3 is 0 Å². The van der Waals surface area contributed by atoms with Crippen molar-refractivity contribution in [2.75, 3.05) is 5.88 Å². The SMILES string of the molecule is O=[N+]([O-])c1ccc2cnn(CCCCCCl)c2c1. The average molecular weight is 268 g/mol. The molecule has 0 saturated carbocycles. The first-order chi connectivity index (χ1) is 8.72. The molecule has 0 atom stereocenters. The molecule has 0 aliphatic carbocycles. The van der Waals surface area contributed by atoms with Gasteiger partial charge in [-0.3, -0.25) is 14.8 Å². The van der Waals surface area contributed by atoms with E-state index in [4.69, 9.17) is 11.6 Å². The highest BCUT2D eigenvalue weighted by atomic mass is 35.5. The number of aromatic nitrogens is 2. The molecule has 0 N–H and O–H groups in total. The first kappa shape index (κ1) is 12.8. The van der Waals surface area contributed by atoms with Crippen LogP contribution in [0.1, 0.15) is 19.3 Å². The number of hydrogen-bond acceptors (Lipinski definition) is 3. The van der Waals surface area contributed by atoms with Crippen molar-refractivity contribution in [3.8, 4) is 0 Å². The van der Waals surface area contributed by atoms with Gasteiger partial charge in [0.15, 0.2) is 0 Å². The number of unbranched alkanes of at least 4 members (excludes halogenated alkanes) is 2. The van der Waals surface area contributed by atoms with Crippen molar-refractivity contribution in [2.24, 2.45) is 0 Å². The highest BCUT2D eigenvalue weighted by Gasteiger charge is 2.09. The molecular formula is C12H14ClN3O2. The van der Waals surface area contributed by atoms with Gasteiger partial charge < -0.3 is 0 Å². The van der Waals surface area contributed by atoms with E-state index >= 15 is 0 Å². The van der Waals surface area contributed by atoms with Crippen LogP contribution in [0, 0.1) is 10.1 Å². The Balaban J connectivity index is 2.17. The van der Waals surface area contributed by atoms with Crippen LogP contribution in [-0.4, -0.2) is 20.6 Å². The predicted octanol–water partition coefficient (Wildman–Crippen LogP) is 3.35. The molecule has 1 heterocycles. The molecule has 0 aliphatic rings. The van der Waals surface area contributed by atoms with Crippen LogP contribution in [0.15, 0.2) is 24.4 Å². The molecule has 0 bridgehead atoms. The zero-order valence-electron chi connectivity index (χ0n) is 9.88. The third-order valence-electron chi connectivity index (χ3n) is 2.84. The summed E-state index contributed by atoms with van der Waals surface area (Å²) in [5.74, 6) is 0.672. The smallest absolute Gasteiger partial charge is 0.265 e. The summed E-state index contributed by atoms with van der Waals surface area (Å²) in [6.45, 7) is 0.765. The van der Waals surface area contributed by atoms with Crippen molar-refractivity contribution in [2.45, 2.75) is 25.8 Å². The number of alkyl halides is 1. The fourth-order valence-electron chi connectivity index (χ4n) is 1.88. The van der Waals surface area contributed by atoms with Crippen LogP contribution in [-0.2, 0) is 6.54 Å². The number of nitro benzene ring substituents is 1. The third-order valence-corrected chi connectivity index (χ3v) is 3.11. The quantitative estimate of drug-likeness (QED) is 0.349. The van der Waals surface area contributed by atoms with Gasteiger partial charge in [0.1, 0.15) is 0 Å². The Labute approximate surface area is 110 Å². The van der Waals surface area contributed by atoms with E-state index in [0.717, 1.165) is 36.7 Å². The van der Waals surface area contributed by atoms with Crippen LogP contribution in [0.2, 0.25) is 0 Å². The lowest BCUT2D eigenvalue weighted by Crippen LogP contribution is -2.00. The summed E-state index contributed by atoms with van der Waals surface area (Å²) in [5.41, 5.74) is 0.917. The minimum atomic E-state index is -0.385. The molecule has 0 amide bonds. The van der Waals surface area contributed by atoms with Crippen molar-refractivity contribution in [3.05, 3.63) is 34.5 Å². The van der Waals surface area contributed by atoms with Gasteiger partial charge in [0.25, 0.3) is 5.69 Å². The van der Waals surface area contributed by atoms with Crippen LogP contribution >= 0.6 is 11.6 Å². The Hall–Kier alpha value is -1.62. The maximum atomic E-state index is 10.7. The normalized spacial score (nSPS) is 10.9. The molecule has 0 spiro atoms. The van der Waals surface area contributed by atoms with Crippen LogP contribution in [0.3, 0.4) is 0 Å². The lowest BCUT2D eigenvalue weighted by Gasteiger charge is -2.02. The Bertz CT molecular complexity index is 553. The summed E-state index contributed by atoms with van der Waals surface area (Å²) in [7, 11) is 0. The topological polar surface area (TPSA) is 61.0 Å². The standard InChI is InChI=1S/C12H14ClN3O2/c13-6-2-1-3-7-15-12-8-11(16(17)18)5-4-10(12)9-14-15/h4-5,8-9H,1-3,6-7H2. The lowest BCUT2D eigenvalue weighted by molar-refractivity contribution is -0.384. The third kappa shape index (κ3) is 2.79. The number of rotatable bonds is 6. The van der Waals surface area contributed by atoms with E-state index in [-0.39, 0.29) is 10.6 Å². The van der Waals surface area contributed by atoms with Crippen molar-refractivity contribution in [1.82, 2.24) is 9.78 Å². The molecule has 0 fully saturated rings. The predicted molar refractivity (Wildman–Crippen MR) is 71.0 cm³/mol. The molecule has 2 rings (SSSR count). The molecule has 5 nitrogen and oxygen atoms in total. The monoisotopic (exact) mass is 267 g/mol. The zero-order valence-corrected chi connectivity index (χ0v) is 10.6. The molecule has 0 aliphatic heterocycles. The fourth-order valence-corrected chi connectivity index (χ4v) is 2.07. The number of nitro groups is 1. The van der Waals surface area contributed by atoms with Crippen LogP contribution in [0.5, 0.6) is 0 Å². The molecular weight excluding hydrogens is 254 g/mol. The number of fused-ring (bicyclic) bond motifs is 1. The minimum absolute atomic E-state index is 0.102. The lowest BCUT2D eigenvalue weighted by atomic mass is 10.2. The van der Waals surface area contributed by atoms with Gasteiger partial charge in [-0.2, -0.15) is 5.10 Å². The Morgan fingerprint density at radius 2 is 2.17 bits per heavy atom. The number of aryl methyl sites for hydroxylation is 1. The second-order valence-electron chi connectivity index (χ2n) is 4.12. The van der Waals surface area contributed by atoms with Gasteiger partial charge in [-0.15, -0.1) is 11.6 Å². The van der Waals surface area contributed by atoms with Crippen molar-refractivity contribution >= 4 is 28.2 Å². The maximum Gasteiger partial charge on any atom is 0.271 e. The molecule has 1 aromatic heterocycles. The largest absolute Gasteiger partial charge is 0.271 e. The first-order valence-electron chi connectivity index (χ1n) is 5.88. The van der Waals surface area contributed by atoms with Gasteiger partial charge in [0.05, 0.1) is 16.6 Å². The summed E-state index contributed by atoms with van der Waals surface area (Å²) in [4.78, 5) is 10.4. The van der Waals surface area contributed by atoms with Gasteiger partial charge in [-0.25, -0.2) is 0 Å². The number of benzene rings is 1. The van der Waals surface area contributed by atoms with Crippen LogP contribution < -0.4 is 0 Å². The molecule has 0 saturated heterocycles. The van der Waals surface area contributed by atoms with Crippen LogP contribution in [0.25, 0.3) is 10.9 Å². The van der Waals surface area contributed by atoms with Crippen molar-refractivity contribution in [1.29, 1.82) is 0 Å². The van der Waals surface area contributed by atoms with E-state index in [1.54, 1.807) is 18.3 Å². The van der Waals surface area contributed by atoms with Gasteiger partial charge in [0, 0.05) is 29.9 Å². The summed E-state index contributed by atoms with van der Waals surface area (Å²) in [5, 5.41) is 15.9. The fraction of sp³-hybridized carbons (Fsp3) is 0.417. The van der Waals surface area contributed by atoms with Gasteiger partial charge in [-0.05, 0) is 18.9 Å². The number of hydrogen-bond donors (Lipinski definition) is 0. The average Bonchev–Trinajstić information content (AvgIpc) is 2.77. The van der Waals surface area contributed by atoms with Crippen molar-refractivity contribution in [3.63, 3.8) is 0 Å². The first-order valence-corrected chi connectivity index (χ1v) is 6.42. The van der Waals surface area contributed by atoms with E-state index in [1.807, 2.05) is 4.68 Å². The molecule has 1 aromatic carbocycles. The zero-order chi connectivity index (χ0) is 13.0. The van der Waals surface area contributed by atoms with Crippen molar-refractivity contribution < 1.29 is 4.92 Å². The van der Waals surface area contributed by atoms with E-state index in [0.29, 0.717) is 5.88 Å². The summed E-state index contributed by atoms with van der Waals surface area (Å²) >= 11 is 5.62. The number of non-ortho nitro benzene ring substituents is 1. The minimum Gasteiger partial charge on any atom is -0.265 e. The van der Waals surface area contributed by atoms with E-state index in [9.17, 15) is 10.1 Å². The van der Waals surface area contributed by atoms with Gasteiger partial charge in [0.2, 0.25) is 0 Å². The summed E-state index contributed by atoms with van der Waals surface area (Å²) < 4.78 is 1.82. The molecule has 6 heteroatoms. The highest BCUT2D eigenvalue weighted by Crippen LogP contribution is 2.20. The van der Waals surface area contributed by atoms with E-state index < -0.39 is 0 Å². The maximum absolute atomic E-state index is 10.7. The Kier molecular flexibility index (Phi) is 4.15. The highest BCUT2D eigenvalue weighted by molar-refractivity contribution is 6.17. The van der Waals surface area contributed by atoms with E-state index in [2.05, 4.69) is 5.10 Å². The number of nitrogens with zero attached hydrogens (tertiary/aromatic N) is 3. The summed E-state index contributed by atoms with van der Waals surface area (Å²) in [6, 6.07) is 4.81. The van der Waals surface area contributed by atoms with Crippen LogP contribution in [0.4, 0.5) is 5.69 Å². The summed E-state index contributed by atoms with van der Waals surface area (Å²) in [6.07, 6.45) is 4.74. The molecule has 0 radical (unpaired) electrons.